The molecule has 0 aliphatic carbocycles. The minimum Gasteiger partial charge on any atom is -0.372 e. The maximum Gasteiger partial charge on any atom is 0.287 e. The minimum atomic E-state index is -0.235. The number of rotatable bonds is 2. The average molecular weight is 286 g/mol. The largest absolute Gasteiger partial charge is 0.372 e. The predicted molar refractivity (Wildman–Crippen MR) is 76.1 cm³/mol. The van der Waals surface area contributed by atoms with Gasteiger partial charge in [0.25, 0.3) is 5.56 Å². The molecule has 6 heteroatoms. The van der Waals surface area contributed by atoms with Crippen LogP contribution in [0.4, 0.5) is 5.69 Å². The van der Waals surface area contributed by atoms with E-state index in [0.717, 1.165) is 13.1 Å². The molecule has 1 fully saturated rings. The molecule has 5 nitrogen and oxygen atoms in total. The smallest absolute Gasteiger partial charge is 0.287 e. The first-order valence-electron chi connectivity index (χ1n) is 6.58. The van der Waals surface area contributed by atoms with E-state index in [1.165, 1.54) is 4.68 Å². The van der Waals surface area contributed by atoms with Crippen molar-refractivity contribution in [3.63, 3.8) is 0 Å². The summed E-state index contributed by atoms with van der Waals surface area (Å²) >= 11 is 6.22. The highest BCUT2D eigenvalue weighted by molar-refractivity contribution is 6.33. The van der Waals surface area contributed by atoms with Crippen LogP contribution in [0.25, 0.3) is 0 Å². The topological polar surface area (TPSA) is 47.4 Å². The summed E-state index contributed by atoms with van der Waals surface area (Å²) in [5.74, 6) is 0. The Labute approximate surface area is 118 Å². The third-order valence-electron chi connectivity index (χ3n) is 3.17. The molecule has 1 aliphatic rings. The van der Waals surface area contributed by atoms with Gasteiger partial charge in [-0.2, -0.15) is 5.10 Å². The quantitative estimate of drug-likeness (QED) is 0.835. The number of halogens is 1. The summed E-state index contributed by atoms with van der Waals surface area (Å²) in [4.78, 5) is 14.2. The Morgan fingerprint density at radius 2 is 1.95 bits per heavy atom. The number of nitrogens with zero attached hydrogens (tertiary/aromatic N) is 3. The second-order valence-electron chi connectivity index (χ2n) is 5.35. The van der Waals surface area contributed by atoms with Gasteiger partial charge in [0.05, 0.1) is 30.1 Å². The lowest BCUT2D eigenvalue weighted by Gasteiger charge is -2.36. The van der Waals surface area contributed by atoms with Crippen molar-refractivity contribution in [1.82, 2.24) is 9.78 Å². The molecular weight excluding hydrogens is 266 g/mol. The lowest BCUT2D eigenvalue weighted by atomic mass is 10.2. The fourth-order valence-corrected chi connectivity index (χ4v) is 2.65. The van der Waals surface area contributed by atoms with E-state index in [4.69, 9.17) is 16.3 Å². The molecule has 2 heterocycles. The van der Waals surface area contributed by atoms with Crippen LogP contribution < -0.4 is 10.5 Å². The molecule has 0 aromatic carbocycles. The highest BCUT2D eigenvalue weighted by atomic mass is 35.5. The van der Waals surface area contributed by atoms with Gasteiger partial charge in [0.2, 0.25) is 0 Å². The summed E-state index contributed by atoms with van der Waals surface area (Å²) in [6.07, 6.45) is 1.91. The van der Waals surface area contributed by atoms with Gasteiger partial charge in [-0.1, -0.05) is 11.6 Å². The zero-order valence-corrected chi connectivity index (χ0v) is 12.5. The molecule has 0 N–H and O–H groups in total. The average Bonchev–Trinajstić information content (AvgIpc) is 2.30. The number of hydrogen-bond acceptors (Lipinski definition) is 4. The van der Waals surface area contributed by atoms with Gasteiger partial charge >= 0.3 is 0 Å². The maximum absolute atomic E-state index is 12.1. The second-order valence-corrected chi connectivity index (χ2v) is 5.73. The number of ether oxygens (including phenoxy) is 1. The Morgan fingerprint density at radius 1 is 1.37 bits per heavy atom. The van der Waals surface area contributed by atoms with Gasteiger partial charge in [0, 0.05) is 13.1 Å². The summed E-state index contributed by atoms with van der Waals surface area (Å²) in [6, 6.07) is 0.00147. The summed E-state index contributed by atoms with van der Waals surface area (Å²) in [5, 5.41) is 4.44. The molecule has 1 saturated heterocycles. The second kappa shape index (κ2) is 5.51. The molecule has 1 aromatic rings. The lowest BCUT2D eigenvalue weighted by Crippen LogP contribution is -2.46. The van der Waals surface area contributed by atoms with Crippen LogP contribution in [0.5, 0.6) is 0 Å². The zero-order chi connectivity index (χ0) is 14.2. The molecule has 106 valence electrons. The van der Waals surface area contributed by atoms with Crippen LogP contribution in [0.2, 0.25) is 5.02 Å². The van der Waals surface area contributed by atoms with Crippen molar-refractivity contribution < 1.29 is 4.74 Å². The fourth-order valence-electron chi connectivity index (χ4n) is 2.40. The third kappa shape index (κ3) is 2.92. The van der Waals surface area contributed by atoms with Crippen LogP contribution in [-0.2, 0) is 4.74 Å². The van der Waals surface area contributed by atoms with Gasteiger partial charge in [-0.3, -0.25) is 4.79 Å². The monoisotopic (exact) mass is 285 g/mol. The Hall–Kier alpha value is -1.07. The van der Waals surface area contributed by atoms with Gasteiger partial charge < -0.3 is 9.64 Å². The van der Waals surface area contributed by atoms with Gasteiger partial charge in [-0.15, -0.1) is 0 Å². The van der Waals surface area contributed by atoms with Crippen molar-refractivity contribution in [1.29, 1.82) is 0 Å². The Bertz CT molecular complexity index is 505. The van der Waals surface area contributed by atoms with E-state index in [0.29, 0.717) is 5.69 Å². The van der Waals surface area contributed by atoms with Crippen LogP contribution in [0, 0.1) is 0 Å². The molecule has 0 unspecified atom stereocenters. The molecular formula is C13H20ClN3O2. The van der Waals surface area contributed by atoms with Crippen LogP contribution in [0.3, 0.4) is 0 Å². The first kappa shape index (κ1) is 14.3. The van der Waals surface area contributed by atoms with E-state index in [9.17, 15) is 4.79 Å². The van der Waals surface area contributed by atoms with E-state index in [1.807, 2.05) is 27.7 Å². The third-order valence-corrected chi connectivity index (χ3v) is 3.53. The number of aromatic nitrogens is 2. The first-order valence-corrected chi connectivity index (χ1v) is 6.95. The summed E-state index contributed by atoms with van der Waals surface area (Å²) < 4.78 is 7.08. The van der Waals surface area contributed by atoms with E-state index in [2.05, 4.69) is 10.00 Å². The predicted octanol–water partition coefficient (Wildman–Crippen LogP) is 2.09. The Morgan fingerprint density at radius 3 is 2.47 bits per heavy atom. The standard InChI is InChI=1S/C13H20ClN3O2/c1-8(2)17-13(18)12(14)11(5-15-17)16-6-9(3)19-10(4)7-16/h5,8-10H,6-7H2,1-4H3/t9-,10-/m0/s1. The van der Waals surface area contributed by atoms with Crippen molar-refractivity contribution in [3.05, 3.63) is 21.6 Å². The van der Waals surface area contributed by atoms with Gasteiger partial charge in [0.15, 0.2) is 0 Å². The van der Waals surface area contributed by atoms with Crippen molar-refractivity contribution in [2.45, 2.75) is 45.9 Å². The molecule has 2 atom stereocenters. The molecule has 0 bridgehead atoms. The lowest BCUT2D eigenvalue weighted by molar-refractivity contribution is -0.00525. The van der Waals surface area contributed by atoms with Crippen molar-refractivity contribution in [3.8, 4) is 0 Å². The molecule has 0 radical (unpaired) electrons. The van der Waals surface area contributed by atoms with Gasteiger partial charge in [0.1, 0.15) is 5.02 Å². The van der Waals surface area contributed by atoms with E-state index in [-0.39, 0.29) is 28.8 Å². The summed E-state index contributed by atoms with van der Waals surface area (Å²) in [6.45, 7) is 9.28. The van der Waals surface area contributed by atoms with E-state index in [1.54, 1.807) is 6.20 Å². The van der Waals surface area contributed by atoms with Crippen molar-refractivity contribution in [2.24, 2.45) is 0 Å². The number of anilines is 1. The van der Waals surface area contributed by atoms with Gasteiger partial charge in [-0.05, 0) is 27.7 Å². The number of hydrogen-bond donors (Lipinski definition) is 0. The first-order chi connectivity index (χ1) is 8.90. The molecule has 1 aliphatic heterocycles. The van der Waals surface area contributed by atoms with Crippen LogP contribution in [0.1, 0.15) is 33.7 Å². The van der Waals surface area contributed by atoms with Crippen LogP contribution in [0.15, 0.2) is 11.0 Å². The fraction of sp³-hybridized carbons (Fsp3) is 0.692. The Balaban J connectivity index is 2.36. The molecule has 0 amide bonds. The number of morpholine rings is 1. The summed E-state index contributed by atoms with van der Waals surface area (Å²) in [7, 11) is 0. The van der Waals surface area contributed by atoms with Crippen LogP contribution >= 0.6 is 11.6 Å². The van der Waals surface area contributed by atoms with Crippen molar-refractivity contribution in [2.75, 3.05) is 18.0 Å². The van der Waals surface area contributed by atoms with E-state index < -0.39 is 0 Å². The normalized spacial score (nSPS) is 24.0. The Kier molecular flexibility index (Phi) is 4.16. The SMILES string of the molecule is CC(C)n1ncc(N2C[C@H](C)O[C@@H](C)C2)c(Cl)c1=O. The minimum absolute atomic E-state index is 0.00147. The molecule has 19 heavy (non-hydrogen) atoms. The maximum atomic E-state index is 12.1. The molecule has 0 spiro atoms. The molecule has 2 rings (SSSR count). The van der Waals surface area contributed by atoms with Crippen LogP contribution in [-0.4, -0.2) is 35.1 Å². The van der Waals surface area contributed by atoms with Gasteiger partial charge in [-0.25, -0.2) is 4.68 Å². The van der Waals surface area contributed by atoms with E-state index >= 15 is 0 Å². The molecule has 1 aromatic heterocycles. The van der Waals surface area contributed by atoms with Crippen molar-refractivity contribution >= 4 is 17.3 Å². The highest BCUT2D eigenvalue weighted by Gasteiger charge is 2.25. The zero-order valence-electron chi connectivity index (χ0n) is 11.8. The highest BCUT2D eigenvalue weighted by Crippen LogP contribution is 2.25. The molecule has 0 saturated carbocycles. The summed E-state index contributed by atoms with van der Waals surface area (Å²) in [5.41, 5.74) is 0.464.